The molecule has 0 heterocycles. The lowest BCUT2D eigenvalue weighted by molar-refractivity contribution is 0.336. The third-order valence-electron chi connectivity index (χ3n) is 2.38. The molecule has 1 aromatic carbocycles. The Balaban J connectivity index is 2.87. The zero-order valence-electron chi connectivity index (χ0n) is 10.2. The van der Waals surface area contributed by atoms with E-state index in [0.29, 0.717) is 12.1 Å². The minimum Gasteiger partial charge on any atom is -0.265 e. The van der Waals surface area contributed by atoms with Gasteiger partial charge in [0.25, 0.3) is 0 Å². The first-order chi connectivity index (χ1) is 8.51. The second kappa shape index (κ2) is 6.17. The second-order valence-electron chi connectivity index (χ2n) is 3.66. The minimum atomic E-state index is -3.90. The first-order valence-electron chi connectivity index (χ1n) is 5.44. The Labute approximate surface area is 107 Å². The maximum Gasteiger partial charge on any atom is 0.358 e. The predicted molar refractivity (Wildman–Crippen MR) is 67.2 cm³/mol. The number of oxime groups is 1. The maximum absolute atomic E-state index is 11.7. The van der Waals surface area contributed by atoms with Crippen molar-refractivity contribution < 1.29 is 12.7 Å². The molecule has 5 nitrogen and oxygen atoms in total. The molecular formula is C12H14N2O3S. The van der Waals surface area contributed by atoms with E-state index in [2.05, 4.69) is 9.44 Å². The number of nitriles is 1. The van der Waals surface area contributed by atoms with E-state index in [0.717, 1.165) is 0 Å². The molecule has 0 saturated heterocycles. The fraction of sp³-hybridized carbons (Fsp3) is 0.333. The van der Waals surface area contributed by atoms with Crippen LogP contribution in [0.5, 0.6) is 0 Å². The molecule has 0 aromatic heterocycles. The van der Waals surface area contributed by atoms with Gasteiger partial charge in [-0.05, 0) is 25.5 Å². The summed E-state index contributed by atoms with van der Waals surface area (Å²) in [6, 6.07) is 9.75. The molecule has 6 heteroatoms. The van der Waals surface area contributed by atoms with E-state index in [1.165, 1.54) is 12.1 Å². The van der Waals surface area contributed by atoms with Crippen molar-refractivity contribution in [2.45, 2.75) is 25.2 Å². The normalized spacial score (nSPS) is 13.7. The van der Waals surface area contributed by atoms with E-state index in [1.807, 2.05) is 13.0 Å². The lowest BCUT2D eigenvalue weighted by atomic mass is 10.0. The van der Waals surface area contributed by atoms with Crippen LogP contribution in [0.4, 0.5) is 0 Å². The van der Waals surface area contributed by atoms with Crippen molar-refractivity contribution in [2.24, 2.45) is 11.1 Å². The Bertz CT molecular complexity index is 559. The third kappa shape index (κ3) is 3.57. The van der Waals surface area contributed by atoms with Crippen LogP contribution in [0.1, 0.15) is 20.3 Å². The highest BCUT2D eigenvalue weighted by Crippen LogP contribution is 2.13. The van der Waals surface area contributed by atoms with Gasteiger partial charge in [-0.1, -0.05) is 30.3 Å². The second-order valence-corrected chi connectivity index (χ2v) is 5.19. The molecular weight excluding hydrogens is 252 g/mol. The molecule has 0 radical (unpaired) electrons. The summed E-state index contributed by atoms with van der Waals surface area (Å²) in [6.07, 6.45) is 0.556. The van der Waals surface area contributed by atoms with Crippen molar-refractivity contribution in [3.8, 4) is 6.07 Å². The van der Waals surface area contributed by atoms with E-state index in [1.54, 1.807) is 25.1 Å². The molecule has 0 bridgehead atoms. The summed E-state index contributed by atoms with van der Waals surface area (Å²) < 4.78 is 28.0. The highest BCUT2D eigenvalue weighted by molar-refractivity contribution is 7.86. The van der Waals surface area contributed by atoms with Crippen molar-refractivity contribution in [3.05, 3.63) is 30.3 Å². The summed E-state index contributed by atoms with van der Waals surface area (Å²) in [5.74, 6) is -0.434. The summed E-state index contributed by atoms with van der Waals surface area (Å²) in [5, 5.41) is 12.3. The predicted octanol–water partition coefficient (Wildman–Crippen LogP) is 2.32. The Hall–Kier alpha value is -1.87. The smallest absolute Gasteiger partial charge is 0.265 e. The van der Waals surface area contributed by atoms with Gasteiger partial charge in [0, 0.05) is 0 Å². The highest BCUT2D eigenvalue weighted by Gasteiger charge is 2.16. The fourth-order valence-corrected chi connectivity index (χ4v) is 2.07. The van der Waals surface area contributed by atoms with Crippen molar-refractivity contribution in [3.63, 3.8) is 0 Å². The van der Waals surface area contributed by atoms with Crippen LogP contribution in [-0.4, -0.2) is 14.1 Å². The molecule has 1 atom stereocenters. The number of rotatable bonds is 5. The van der Waals surface area contributed by atoms with Gasteiger partial charge in [-0.25, -0.2) is 0 Å². The Morgan fingerprint density at radius 1 is 1.44 bits per heavy atom. The molecule has 0 amide bonds. The lowest BCUT2D eigenvalue weighted by Gasteiger charge is -2.05. The van der Waals surface area contributed by atoms with Gasteiger partial charge in [0.05, 0.1) is 17.7 Å². The summed E-state index contributed by atoms with van der Waals surface area (Å²) in [7, 11) is -3.90. The molecule has 1 unspecified atom stereocenters. The summed E-state index contributed by atoms with van der Waals surface area (Å²) >= 11 is 0. The van der Waals surface area contributed by atoms with E-state index in [9.17, 15) is 8.42 Å². The minimum absolute atomic E-state index is 0.0338. The zero-order chi connectivity index (χ0) is 13.6. The molecule has 0 saturated carbocycles. The Kier molecular flexibility index (Phi) is 4.86. The quantitative estimate of drug-likeness (QED) is 0.605. The average Bonchev–Trinajstić information content (AvgIpc) is 2.39. The summed E-state index contributed by atoms with van der Waals surface area (Å²) in [6.45, 7) is 3.39. The summed E-state index contributed by atoms with van der Waals surface area (Å²) in [4.78, 5) is 0.0338. The van der Waals surface area contributed by atoms with Crippen LogP contribution in [0.3, 0.4) is 0 Å². The average molecular weight is 266 g/mol. The summed E-state index contributed by atoms with van der Waals surface area (Å²) in [5.41, 5.74) is 0.347. The lowest BCUT2D eigenvalue weighted by Crippen LogP contribution is -2.10. The van der Waals surface area contributed by atoms with Gasteiger partial charge in [-0.2, -0.15) is 13.7 Å². The van der Waals surface area contributed by atoms with Crippen LogP contribution in [0.15, 0.2) is 40.4 Å². The third-order valence-corrected chi connectivity index (χ3v) is 3.50. The standard InChI is InChI=1S/C12H14N2O3S/c1-3-11(9-13)10(2)14-17-18(15,16)12-7-5-4-6-8-12/h4-8,11H,3H2,1-2H3. The number of nitrogens with zero attached hydrogens (tertiary/aromatic N) is 2. The van der Waals surface area contributed by atoms with E-state index < -0.39 is 16.0 Å². The molecule has 96 valence electrons. The molecule has 18 heavy (non-hydrogen) atoms. The SMILES string of the molecule is CCC(C#N)C(C)=NOS(=O)(=O)c1ccccc1. The van der Waals surface area contributed by atoms with Gasteiger partial charge in [0.15, 0.2) is 0 Å². The molecule has 0 aliphatic rings. The largest absolute Gasteiger partial charge is 0.358 e. The highest BCUT2D eigenvalue weighted by atomic mass is 32.2. The van der Waals surface area contributed by atoms with Gasteiger partial charge in [0.1, 0.15) is 4.90 Å². The first-order valence-corrected chi connectivity index (χ1v) is 6.85. The Morgan fingerprint density at radius 3 is 2.56 bits per heavy atom. The monoisotopic (exact) mass is 266 g/mol. The fourth-order valence-electron chi connectivity index (χ4n) is 1.28. The number of benzene rings is 1. The van der Waals surface area contributed by atoms with Gasteiger partial charge >= 0.3 is 10.1 Å². The van der Waals surface area contributed by atoms with E-state index in [-0.39, 0.29) is 4.90 Å². The van der Waals surface area contributed by atoms with Gasteiger partial charge < -0.3 is 0 Å². The van der Waals surface area contributed by atoms with E-state index in [4.69, 9.17) is 5.26 Å². The molecule has 0 aliphatic carbocycles. The topological polar surface area (TPSA) is 79.5 Å². The van der Waals surface area contributed by atoms with Crippen LogP contribution in [0.25, 0.3) is 0 Å². The number of hydrogen-bond donors (Lipinski definition) is 0. The first kappa shape index (κ1) is 14.2. The van der Waals surface area contributed by atoms with Crippen molar-refractivity contribution >= 4 is 15.8 Å². The van der Waals surface area contributed by atoms with Crippen LogP contribution in [0.2, 0.25) is 0 Å². The molecule has 1 rings (SSSR count). The van der Waals surface area contributed by atoms with Crippen molar-refractivity contribution in [2.75, 3.05) is 0 Å². The van der Waals surface area contributed by atoms with E-state index >= 15 is 0 Å². The van der Waals surface area contributed by atoms with Crippen molar-refractivity contribution in [1.82, 2.24) is 0 Å². The maximum atomic E-state index is 11.7. The molecule has 0 N–H and O–H groups in total. The van der Waals surface area contributed by atoms with Crippen LogP contribution in [0, 0.1) is 17.2 Å². The van der Waals surface area contributed by atoms with Gasteiger partial charge in [-0.15, -0.1) is 0 Å². The number of hydrogen-bond acceptors (Lipinski definition) is 5. The molecule has 0 aliphatic heterocycles. The van der Waals surface area contributed by atoms with Gasteiger partial charge in [0.2, 0.25) is 0 Å². The van der Waals surface area contributed by atoms with Crippen LogP contribution < -0.4 is 0 Å². The molecule has 1 aromatic rings. The van der Waals surface area contributed by atoms with Crippen LogP contribution in [-0.2, 0) is 14.4 Å². The molecule has 0 spiro atoms. The van der Waals surface area contributed by atoms with Gasteiger partial charge in [-0.3, -0.25) is 4.28 Å². The molecule has 0 fully saturated rings. The zero-order valence-corrected chi connectivity index (χ0v) is 11.0. The Morgan fingerprint density at radius 2 is 2.06 bits per heavy atom. The van der Waals surface area contributed by atoms with Crippen molar-refractivity contribution in [1.29, 1.82) is 5.26 Å². The van der Waals surface area contributed by atoms with Crippen LogP contribution >= 0.6 is 0 Å².